The van der Waals surface area contributed by atoms with Gasteiger partial charge in [-0.15, -0.1) is 0 Å². The van der Waals surface area contributed by atoms with Crippen LogP contribution >= 0.6 is 23.2 Å². The number of nitrogens with zero attached hydrogens (tertiary/aromatic N) is 7. The van der Waals surface area contributed by atoms with Crippen LogP contribution in [0, 0.1) is 0 Å². The van der Waals surface area contributed by atoms with Crippen molar-refractivity contribution in [3.05, 3.63) is 22.7 Å². The van der Waals surface area contributed by atoms with Gasteiger partial charge in [-0.1, -0.05) is 23.2 Å². The number of aryl methyl sites for hydroxylation is 1. The number of amides is 1. The molecule has 14 heteroatoms. The second-order valence-corrected chi connectivity index (χ2v) is 7.52. The summed E-state index contributed by atoms with van der Waals surface area (Å²) >= 11 is 12.2. The van der Waals surface area contributed by atoms with Gasteiger partial charge in [0.15, 0.2) is 16.0 Å². The molecule has 9 nitrogen and oxygen atoms in total. The van der Waals surface area contributed by atoms with Gasteiger partial charge in [-0.3, -0.25) is 9.48 Å². The number of hydrogen-bond donors (Lipinski definition) is 1. The van der Waals surface area contributed by atoms with Crippen LogP contribution in [0.2, 0.25) is 10.3 Å². The highest BCUT2D eigenvalue weighted by molar-refractivity contribution is 6.34. The van der Waals surface area contributed by atoms with Gasteiger partial charge in [0.25, 0.3) is 0 Å². The molecule has 0 radical (unpaired) electrons. The van der Waals surface area contributed by atoms with Crippen molar-refractivity contribution in [3.63, 3.8) is 0 Å². The molecule has 1 fully saturated rings. The third-order valence-corrected chi connectivity index (χ3v) is 5.40. The Hall–Kier alpha value is -2.60. The first-order valence-electron chi connectivity index (χ1n) is 8.86. The molecular weight excluding hydrogens is 448 g/mol. The molecule has 3 aromatic heterocycles. The Labute approximate surface area is 177 Å². The number of rotatable bonds is 3. The van der Waals surface area contributed by atoms with Crippen LogP contribution in [0.15, 0.2) is 12.4 Å². The number of fused-ring (bicyclic) bond motifs is 1. The Kier molecular flexibility index (Phi) is 5.22. The summed E-state index contributed by atoms with van der Waals surface area (Å²) in [4.78, 5) is 20.7. The predicted octanol–water partition coefficient (Wildman–Crippen LogP) is 3.34. The number of carbonyl (C=O) groups excluding carboxylic acids is 1. The van der Waals surface area contributed by atoms with Crippen molar-refractivity contribution in [1.82, 2.24) is 34.4 Å². The molecule has 1 aliphatic heterocycles. The van der Waals surface area contributed by atoms with Crippen molar-refractivity contribution in [1.29, 1.82) is 0 Å². The van der Waals surface area contributed by atoms with Gasteiger partial charge < -0.3 is 10.2 Å². The Balaban J connectivity index is 1.47. The molecule has 30 heavy (non-hydrogen) atoms. The van der Waals surface area contributed by atoms with E-state index in [0.29, 0.717) is 34.7 Å². The Morgan fingerprint density at radius 2 is 1.90 bits per heavy atom. The van der Waals surface area contributed by atoms with Crippen molar-refractivity contribution in [3.8, 4) is 0 Å². The maximum absolute atomic E-state index is 12.6. The molecule has 0 unspecified atom stereocenters. The maximum Gasteiger partial charge on any atom is 0.471 e. The van der Waals surface area contributed by atoms with Crippen LogP contribution in [-0.4, -0.2) is 59.6 Å². The van der Waals surface area contributed by atoms with Crippen molar-refractivity contribution >= 4 is 51.8 Å². The second-order valence-electron chi connectivity index (χ2n) is 6.81. The van der Waals surface area contributed by atoms with Crippen LogP contribution in [0.3, 0.4) is 0 Å². The zero-order valence-corrected chi connectivity index (χ0v) is 17.0. The van der Waals surface area contributed by atoms with Crippen LogP contribution in [-0.2, 0) is 11.8 Å². The number of carbonyl (C=O) groups is 1. The average molecular weight is 463 g/mol. The molecule has 0 aromatic carbocycles. The first kappa shape index (κ1) is 20.7. The van der Waals surface area contributed by atoms with Gasteiger partial charge >= 0.3 is 12.1 Å². The van der Waals surface area contributed by atoms with Crippen LogP contribution in [0.25, 0.3) is 11.0 Å². The Morgan fingerprint density at radius 1 is 1.20 bits per heavy atom. The number of alkyl halides is 3. The van der Waals surface area contributed by atoms with Gasteiger partial charge in [-0.2, -0.15) is 28.4 Å². The minimum atomic E-state index is -4.86. The lowest BCUT2D eigenvalue weighted by Gasteiger charge is -2.32. The van der Waals surface area contributed by atoms with Gasteiger partial charge in [0.2, 0.25) is 5.95 Å². The lowest BCUT2D eigenvalue weighted by Crippen LogP contribution is -2.45. The summed E-state index contributed by atoms with van der Waals surface area (Å²) in [5, 5.41) is 12.3. The fourth-order valence-electron chi connectivity index (χ4n) is 3.33. The largest absolute Gasteiger partial charge is 0.471 e. The highest BCUT2D eigenvalue weighted by Gasteiger charge is 2.43. The molecule has 1 aliphatic rings. The molecular formula is C16H15Cl2F3N8O. The summed E-state index contributed by atoms with van der Waals surface area (Å²) in [5.41, 5.74) is 0.973. The average Bonchev–Trinajstić information content (AvgIpc) is 3.20. The number of likely N-dealkylation sites (tertiary alicyclic amines) is 1. The molecule has 0 spiro atoms. The number of hydrogen-bond acceptors (Lipinski definition) is 6. The van der Waals surface area contributed by atoms with Gasteiger partial charge in [0.1, 0.15) is 0 Å². The van der Waals surface area contributed by atoms with E-state index < -0.39 is 12.1 Å². The molecule has 0 aliphatic carbocycles. The number of anilines is 2. The SMILES string of the molecule is Cn1nc(Cl)c2cnc(Nc3cn(C4CCN(C(=O)C(F)(F)F)CC4)nc3Cl)nc21. The van der Waals surface area contributed by atoms with Crippen LogP contribution in [0.1, 0.15) is 18.9 Å². The topological polar surface area (TPSA) is 93.8 Å². The second kappa shape index (κ2) is 7.58. The monoisotopic (exact) mass is 462 g/mol. The van der Waals surface area contributed by atoms with E-state index in [9.17, 15) is 18.0 Å². The van der Waals surface area contributed by atoms with E-state index in [1.54, 1.807) is 17.9 Å². The fourth-order valence-corrected chi connectivity index (χ4v) is 3.76. The molecule has 0 atom stereocenters. The first-order chi connectivity index (χ1) is 14.1. The summed E-state index contributed by atoms with van der Waals surface area (Å²) in [6, 6.07) is -0.186. The normalized spacial score (nSPS) is 15.7. The molecule has 1 saturated heterocycles. The van der Waals surface area contributed by atoms with Gasteiger partial charge in [-0.05, 0) is 12.8 Å². The molecule has 0 saturated carbocycles. The van der Waals surface area contributed by atoms with Crippen LogP contribution < -0.4 is 5.32 Å². The van der Waals surface area contributed by atoms with E-state index in [-0.39, 0.29) is 30.2 Å². The molecule has 3 aromatic rings. The lowest BCUT2D eigenvalue weighted by atomic mass is 10.1. The Morgan fingerprint density at radius 3 is 2.57 bits per heavy atom. The minimum absolute atomic E-state index is 0.00964. The summed E-state index contributed by atoms with van der Waals surface area (Å²) in [6.45, 7) is -0.0193. The first-order valence-corrected chi connectivity index (χ1v) is 9.62. The predicted molar refractivity (Wildman–Crippen MR) is 103 cm³/mol. The Bertz CT molecular complexity index is 1100. The molecule has 4 heterocycles. The summed E-state index contributed by atoms with van der Waals surface area (Å²) in [7, 11) is 1.70. The third kappa shape index (κ3) is 3.88. The molecule has 1 N–H and O–H groups in total. The zero-order chi connectivity index (χ0) is 21.6. The number of aromatic nitrogens is 6. The fraction of sp³-hybridized carbons (Fsp3) is 0.438. The minimum Gasteiger partial charge on any atom is -0.335 e. The van der Waals surface area contributed by atoms with Crippen LogP contribution in [0.4, 0.5) is 24.8 Å². The molecule has 160 valence electrons. The van der Waals surface area contributed by atoms with Gasteiger partial charge in [0.05, 0.1) is 23.3 Å². The number of nitrogens with one attached hydrogen (secondary N) is 1. The zero-order valence-electron chi connectivity index (χ0n) is 15.5. The summed E-state index contributed by atoms with van der Waals surface area (Å²) in [5.74, 6) is -1.56. The summed E-state index contributed by atoms with van der Waals surface area (Å²) < 4.78 is 40.8. The van der Waals surface area contributed by atoms with E-state index in [2.05, 4.69) is 25.5 Å². The number of halogens is 5. The van der Waals surface area contributed by atoms with E-state index >= 15 is 0 Å². The molecule has 4 rings (SSSR count). The third-order valence-electron chi connectivity index (χ3n) is 4.84. The van der Waals surface area contributed by atoms with Gasteiger partial charge in [-0.25, -0.2) is 9.67 Å². The maximum atomic E-state index is 12.6. The lowest BCUT2D eigenvalue weighted by molar-refractivity contribution is -0.186. The van der Waals surface area contributed by atoms with E-state index in [1.807, 2.05) is 0 Å². The molecule has 0 bridgehead atoms. The molecule has 1 amide bonds. The highest BCUT2D eigenvalue weighted by Crippen LogP contribution is 2.30. The van der Waals surface area contributed by atoms with E-state index in [0.717, 1.165) is 4.90 Å². The smallest absolute Gasteiger partial charge is 0.335 e. The van der Waals surface area contributed by atoms with Crippen molar-refractivity contribution < 1.29 is 18.0 Å². The van der Waals surface area contributed by atoms with Crippen molar-refractivity contribution in [2.24, 2.45) is 7.05 Å². The van der Waals surface area contributed by atoms with Gasteiger partial charge in [0, 0.05) is 26.3 Å². The van der Waals surface area contributed by atoms with Crippen LogP contribution in [0.5, 0.6) is 0 Å². The summed E-state index contributed by atoms with van der Waals surface area (Å²) in [6.07, 6.45) is -1.04. The van der Waals surface area contributed by atoms with E-state index in [1.165, 1.54) is 10.9 Å². The number of piperidine rings is 1. The van der Waals surface area contributed by atoms with E-state index in [4.69, 9.17) is 23.2 Å². The van der Waals surface area contributed by atoms with Crippen molar-refractivity contribution in [2.75, 3.05) is 18.4 Å². The quantitative estimate of drug-likeness (QED) is 0.641. The highest BCUT2D eigenvalue weighted by atomic mass is 35.5. The van der Waals surface area contributed by atoms with Crippen molar-refractivity contribution in [2.45, 2.75) is 25.1 Å². The standard InChI is InChI=1S/C16H15Cl2F3N8O/c1-27-13-9(11(17)25-27)6-22-15(24-13)23-10-7-29(26-12(10)18)8-2-4-28(5-3-8)14(30)16(19,20)21/h6-8H,2-5H2,1H3,(H,22,23,24).